The van der Waals surface area contributed by atoms with Gasteiger partial charge < -0.3 is 18.6 Å². The van der Waals surface area contributed by atoms with Gasteiger partial charge in [0, 0.05) is 17.5 Å². The Hall–Kier alpha value is -4.00. The maximum absolute atomic E-state index is 5.80. The number of nitrogens with zero attached hydrogens (tertiary/aromatic N) is 3. The first-order valence-electron chi connectivity index (χ1n) is 10.7. The second kappa shape index (κ2) is 8.50. The van der Waals surface area contributed by atoms with E-state index in [0.717, 1.165) is 45.4 Å². The van der Waals surface area contributed by atoms with E-state index < -0.39 is 0 Å². The van der Waals surface area contributed by atoms with Crippen molar-refractivity contribution in [3.8, 4) is 28.4 Å². The van der Waals surface area contributed by atoms with Gasteiger partial charge in [0.25, 0.3) is 0 Å². The van der Waals surface area contributed by atoms with Crippen LogP contribution < -0.4 is 14.2 Å². The minimum absolute atomic E-state index is 0.110. The summed E-state index contributed by atoms with van der Waals surface area (Å²) in [4.78, 5) is 5.09. The fourth-order valence-electron chi connectivity index (χ4n) is 4.30. The number of benzene rings is 2. The molecule has 0 aliphatic carbocycles. The topological polar surface area (TPSA) is 71.0 Å². The van der Waals surface area contributed by atoms with E-state index in [0.29, 0.717) is 17.9 Å². The van der Waals surface area contributed by atoms with Crippen molar-refractivity contribution in [2.24, 2.45) is 4.99 Å². The molecule has 0 bridgehead atoms. The molecule has 7 heteroatoms. The number of ether oxygens (including phenoxy) is 3. The number of fused-ring (bicyclic) bond motifs is 1. The molecule has 0 N–H and O–H groups in total. The van der Waals surface area contributed by atoms with Crippen molar-refractivity contribution < 1.29 is 18.6 Å². The summed E-state index contributed by atoms with van der Waals surface area (Å²) in [6.07, 6.45) is 2.33. The molecule has 0 spiro atoms. The smallest absolute Gasteiger partial charge is 0.161 e. The van der Waals surface area contributed by atoms with Crippen molar-refractivity contribution in [1.29, 1.82) is 0 Å². The standard InChI is InChI=1S/C26H25N3O4/c1-16-25(17-7-10-19(30-2)11-8-17)26-27-20(18-9-12-23(31-3)24(14-18)32-4)15-21(29(26)28-16)22-6-5-13-33-22/h5-14,21H,15H2,1-4H3. The number of methoxy groups -OCH3 is 3. The van der Waals surface area contributed by atoms with E-state index in [2.05, 4.69) is 0 Å². The summed E-state index contributed by atoms with van der Waals surface area (Å²) in [5.74, 6) is 3.79. The molecule has 0 radical (unpaired) electrons. The molecule has 4 aromatic rings. The lowest BCUT2D eigenvalue weighted by molar-refractivity contribution is 0.355. The highest BCUT2D eigenvalue weighted by Crippen LogP contribution is 2.42. The minimum atomic E-state index is -0.110. The Balaban J connectivity index is 1.68. The molecule has 3 heterocycles. The van der Waals surface area contributed by atoms with Gasteiger partial charge in [0.15, 0.2) is 17.3 Å². The van der Waals surface area contributed by atoms with Crippen LogP contribution >= 0.6 is 0 Å². The average Bonchev–Trinajstić information content (AvgIpc) is 3.50. The van der Waals surface area contributed by atoms with Crippen LogP contribution in [0.2, 0.25) is 0 Å². The summed E-state index contributed by atoms with van der Waals surface area (Å²) in [7, 11) is 4.93. The van der Waals surface area contributed by atoms with E-state index in [1.807, 2.05) is 66.2 Å². The van der Waals surface area contributed by atoms with Crippen LogP contribution in [0.3, 0.4) is 0 Å². The lowest BCUT2D eigenvalue weighted by Gasteiger charge is -2.24. The van der Waals surface area contributed by atoms with Gasteiger partial charge in [-0.1, -0.05) is 12.1 Å². The molecule has 2 aromatic carbocycles. The molecule has 5 rings (SSSR count). The molecule has 2 aromatic heterocycles. The molecule has 1 atom stereocenters. The van der Waals surface area contributed by atoms with Crippen molar-refractivity contribution in [2.45, 2.75) is 19.4 Å². The Morgan fingerprint density at radius 3 is 2.33 bits per heavy atom. The second-order valence-electron chi connectivity index (χ2n) is 7.82. The molecule has 0 amide bonds. The summed E-state index contributed by atoms with van der Waals surface area (Å²) in [5, 5.41) is 4.87. The number of hydrogen-bond acceptors (Lipinski definition) is 6. The van der Waals surface area contributed by atoms with E-state index in [9.17, 15) is 0 Å². The largest absolute Gasteiger partial charge is 0.497 e. The van der Waals surface area contributed by atoms with Gasteiger partial charge in [-0.25, -0.2) is 9.67 Å². The Morgan fingerprint density at radius 2 is 1.67 bits per heavy atom. The van der Waals surface area contributed by atoms with E-state index >= 15 is 0 Å². The SMILES string of the molecule is COc1ccc(-c2c(C)nn3c2N=C(c2ccc(OC)c(OC)c2)CC3c2ccco2)cc1. The van der Waals surface area contributed by atoms with Crippen LogP contribution in [0.4, 0.5) is 5.82 Å². The van der Waals surface area contributed by atoms with Gasteiger partial charge in [0.05, 0.1) is 39.0 Å². The van der Waals surface area contributed by atoms with Crippen molar-refractivity contribution in [3.63, 3.8) is 0 Å². The highest BCUT2D eigenvalue weighted by atomic mass is 16.5. The van der Waals surface area contributed by atoms with Crippen LogP contribution in [0.25, 0.3) is 11.1 Å². The van der Waals surface area contributed by atoms with Crippen LogP contribution in [0.1, 0.15) is 29.5 Å². The lowest BCUT2D eigenvalue weighted by atomic mass is 9.98. The molecule has 33 heavy (non-hydrogen) atoms. The maximum atomic E-state index is 5.80. The average molecular weight is 444 g/mol. The quantitative estimate of drug-likeness (QED) is 0.388. The molecule has 7 nitrogen and oxygen atoms in total. The van der Waals surface area contributed by atoms with E-state index in [1.165, 1.54) is 0 Å². The zero-order chi connectivity index (χ0) is 22.9. The predicted molar refractivity (Wildman–Crippen MR) is 126 cm³/mol. The fourth-order valence-corrected chi connectivity index (χ4v) is 4.30. The molecule has 1 aliphatic rings. The van der Waals surface area contributed by atoms with Crippen molar-refractivity contribution in [1.82, 2.24) is 9.78 Å². The van der Waals surface area contributed by atoms with Gasteiger partial charge in [-0.2, -0.15) is 5.10 Å². The van der Waals surface area contributed by atoms with Gasteiger partial charge in [-0.15, -0.1) is 0 Å². The molecular weight excluding hydrogens is 418 g/mol. The number of aromatic nitrogens is 2. The van der Waals surface area contributed by atoms with Gasteiger partial charge in [0.2, 0.25) is 0 Å². The van der Waals surface area contributed by atoms with Crippen LogP contribution in [0.15, 0.2) is 70.3 Å². The Bertz CT molecular complexity index is 1300. The summed E-state index contributed by atoms with van der Waals surface area (Å²) in [6, 6.07) is 17.6. The molecule has 1 aliphatic heterocycles. The van der Waals surface area contributed by atoms with E-state index in [-0.39, 0.29) is 6.04 Å². The molecule has 0 saturated heterocycles. The minimum Gasteiger partial charge on any atom is -0.497 e. The fraction of sp³-hybridized carbons (Fsp3) is 0.231. The van der Waals surface area contributed by atoms with Crippen molar-refractivity contribution in [2.75, 3.05) is 21.3 Å². The third kappa shape index (κ3) is 3.65. The summed E-state index contributed by atoms with van der Waals surface area (Å²) in [5.41, 5.74) is 4.83. The Labute approximate surface area is 192 Å². The normalized spacial score (nSPS) is 15.0. The second-order valence-corrected chi connectivity index (χ2v) is 7.82. The van der Waals surface area contributed by atoms with Crippen LogP contribution in [-0.4, -0.2) is 36.8 Å². The van der Waals surface area contributed by atoms with Gasteiger partial charge >= 0.3 is 0 Å². The molecule has 0 fully saturated rings. The zero-order valence-corrected chi connectivity index (χ0v) is 19.0. The van der Waals surface area contributed by atoms with Crippen LogP contribution in [0, 0.1) is 6.92 Å². The zero-order valence-electron chi connectivity index (χ0n) is 19.0. The first-order valence-corrected chi connectivity index (χ1v) is 10.7. The number of rotatable bonds is 6. The first-order chi connectivity index (χ1) is 16.1. The Morgan fingerprint density at radius 1 is 0.909 bits per heavy atom. The molecule has 1 unspecified atom stereocenters. The summed E-state index contributed by atoms with van der Waals surface area (Å²) in [6.45, 7) is 2.01. The van der Waals surface area contributed by atoms with Crippen LogP contribution in [0.5, 0.6) is 17.2 Å². The summed E-state index contributed by atoms with van der Waals surface area (Å²) < 4.78 is 24.0. The molecular formula is C26H25N3O4. The first kappa shape index (κ1) is 20.9. The number of hydrogen-bond donors (Lipinski definition) is 0. The Kier molecular flexibility index (Phi) is 5.38. The van der Waals surface area contributed by atoms with Gasteiger partial charge in [-0.3, -0.25) is 0 Å². The predicted octanol–water partition coefficient (Wildman–Crippen LogP) is 5.59. The molecule has 168 valence electrons. The maximum Gasteiger partial charge on any atom is 0.161 e. The van der Waals surface area contributed by atoms with Gasteiger partial charge in [0.1, 0.15) is 17.6 Å². The highest BCUT2D eigenvalue weighted by Gasteiger charge is 2.31. The van der Waals surface area contributed by atoms with Crippen LogP contribution in [-0.2, 0) is 0 Å². The third-order valence-electron chi connectivity index (χ3n) is 5.95. The third-order valence-corrected chi connectivity index (χ3v) is 5.95. The summed E-state index contributed by atoms with van der Waals surface area (Å²) >= 11 is 0. The molecule has 0 saturated carbocycles. The van der Waals surface area contributed by atoms with Crippen molar-refractivity contribution in [3.05, 3.63) is 77.9 Å². The number of furan rings is 1. The van der Waals surface area contributed by atoms with E-state index in [4.69, 9.17) is 28.7 Å². The monoisotopic (exact) mass is 443 g/mol. The number of aryl methyl sites for hydroxylation is 1. The number of aliphatic imine (C=N–C) groups is 1. The van der Waals surface area contributed by atoms with Gasteiger partial charge in [-0.05, 0) is 55.0 Å². The lowest BCUT2D eigenvalue weighted by Crippen LogP contribution is -2.21. The van der Waals surface area contributed by atoms with Crippen molar-refractivity contribution >= 4 is 11.5 Å². The highest BCUT2D eigenvalue weighted by molar-refractivity contribution is 6.04. The van der Waals surface area contributed by atoms with E-state index in [1.54, 1.807) is 27.6 Å².